The molecule has 4 rings (SSSR count). The number of nitrogens with zero attached hydrogens (tertiary/aromatic N) is 3. The van der Waals surface area contributed by atoms with E-state index in [2.05, 4.69) is 20.3 Å². The summed E-state index contributed by atoms with van der Waals surface area (Å²) in [6.45, 7) is 1.98. The molecule has 142 valence electrons. The second-order valence-electron chi connectivity index (χ2n) is 6.07. The molecule has 0 unspecified atom stereocenters. The molecule has 3 N–H and O–H groups in total. The maximum atomic E-state index is 12.3. The Morgan fingerprint density at radius 3 is 2.71 bits per heavy atom. The molecule has 9 heteroatoms. The van der Waals surface area contributed by atoms with Crippen molar-refractivity contribution in [3.8, 4) is 11.5 Å². The van der Waals surface area contributed by atoms with Gasteiger partial charge in [-0.05, 0) is 37.3 Å². The Balaban J connectivity index is 1.43. The van der Waals surface area contributed by atoms with Gasteiger partial charge in [-0.25, -0.2) is 4.79 Å². The standard InChI is InChI=1S/C19H17N5O4/c1-11-2-5-13(6-3-11)21-19-23-16(22-18(20)24-19)9-26-17(25)12-4-7-14-15(8-12)28-10-27-14/h2-8H,9-10H2,1H3,(H3,20,21,22,23,24). The van der Waals surface area contributed by atoms with Crippen molar-refractivity contribution in [2.45, 2.75) is 13.5 Å². The smallest absolute Gasteiger partial charge is 0.338 e. The van der Waals surface area contributed by atoms with Crippen molar-refractivity contribution in [1.29, 1.82) is 0 Å². The number of hydrogen-bond acceptors (Lipinski definition) is 9. The molecule has 0 fully saturated rings. The number of nitrogen functional groups attached to an aromatic ring is 1. The minimum absolute atomic E-state index is 0.0266. The summed E-state index contributed by atoms with van der Waals surface area (Å²) >= 11 is 0. The first kappa shape index (κ1) is 17.5. The maximum absolute atomic E-state index is 12.3. The summed E-state index contributed by atoms with van der Waals surface area (Å²) < 4.78 is 15.8. The lowest BCUT2D eigenvalue weighted by Crippen LogP contribution is -2.11. The van der Waals surface area contributed by atoms with E-state index in [9.17, 15) is 4.79 Å². The third-order valence-electron chi connectivity index (χ3n) is 3.95. The van der Waals surface area contributed by atoms with Crippen molar-refractivity contribution in [3.05, 3.63) is 59.4 Å². The van der Waals surface area contributed by atoms with Crippen LogP contribution in [-0.4, -0.2) is 27.7 Å². The lowest BCUT2D eigenvalue weighted by Gasteiger charge is -2.08. The van der Waals surface area contributed by atoms with E-state index < -0.39 is 5.97 Å². The molecule has 0 saturated carbocycles. The Bertz CT molecular complexity index is 1020. The highest BCUT2D eigenvalue weighted by Gasteiger charge is 2.17. The second-order valence-corrected chi connectivity index (χ2v) is 6.07. The Hall–Kier alpha value is -3.88. The Morgan fingerprint density at radius 2 is 1.89 bits per heavy atom. The van der Waals surface area contributed by atoms with Gasteiger partial charge in [-0.1, -0.05) is 17.7 Å². The molecule has 28 heavy (non-hydrogen) atoms. The second kappa shape index (κ2) is 7.39. The molecule has 2 heterocycles. The number of carbonyl (C=O) groups is 1. The van der Waals surface area contributed by atoms with Crippen LogP contribution in [0.25, 0.3) is 0 Å². The number of hydrogen-bond donors (Lipinski definition) is 2. The van der Waals surface area contributed by atoms with Gasteiger partial charge in [0.05, 0.1) is 5.56 Å². The van der Waals surface area contributed by atoms with E-state index in [1.807, 2.05) is 31.2 Å². The topological polar surface area (TPSA) is 121 Å². The number of nitrogens with two attached hydrogens (primary N) is 1. The summed E-state index contributed by atoms with van der Waals surface area (Å²) in [5.41, 5.74) is 8.02. The number of aryl methyl sites for hydroxylation is 1. The maximum Gasteiger partial charge on any atom is 0.338 e. The van der Waals surface area contributed by atoms with Crippen LogP contribution >= 0.6 is 0 Å². The average Bonchev–Trinajstić information content (AvgIpc) is 3.15. The number of nitrogens with one attached hydrogen (secondary N) is 1. The van der Waals surface area contributed by atoms with Crippen molar-refractivity contribution < 1.29 is 19.0 Å². The van der Waals surface area contributed by atoms with Gasteiger partial charge in [0.2, 0.25) is 18.7 Å². The van der Waals surface area contributed by atoms with Crippen molar-refractivity contribution in [2.24, 2.45) is 0 Å². The number of benzene rings is 2. The molecular weight excluding hydrogens is 362 g/mol. The van der Waals surface area contributed by atoms with Gasteiger partial charge < -0.3 is 25.3 Å². The first-order valence-corrected chi connectivity index (χ1v) is 8.48. The van der Waals surface area contributed by atoms with Crippen LogP contribution in [0.1, 0.15) is 21.7 Å². The predicted molar refractivity (Wildman–Crippen MR) is 100 cm³/mol. The van der Waals surface area contributed by atoms with E-state index in [4.69, 9.17) is 19.9 Å². The largest absolute Gasteiger partial charge is 0.454 e. The highest BCUT2D eigenvalue weighted by molar-refractivity contribution is 5.90. The minimum atomic E-state index is -0.537. The molecule has 1 aromatic heterocycles. The molecule has 0 bridgehead atoms. The molecule has 1 aliphatic heterocycles. The zero-order valence-corrected chi connectivity index (χ0v) is 15.0. The normalized spacial score (nSPS) is 11.9. The van der Waals surface area contributed by atoms with E-state index in [1.54, 1.807) is 18.2 Å². The number of carbonyl (C=O) groups excluding carboxylic acids is 1. The Morgan fingerprint density at radius 1 is 1.11 bits per heavy atom. The number of fused-ring (bicyclic) bond motifs is 1. The first-order chi connectivity index (χ1) is 13.6. The van der Waals surface area contributed by atoms with E-state index in [0.29, 0.717) is 17.1 Å². The monoisotopic (exact) mass is 379 g/mol. The van der Waals surface area contributed by atoms with Gasteiger partial charge in [-0.15, -0.1) is 0 Å². The fourth-order valence-corrected chi connectivity index (χ4v) is 2.56. The minimum Gasteiger partial charge on any atom is -0.454 e. The predicted octanol–water partition coefficient (Wildman–Crippen LogP) is 2.59. The zero-order valence-electron chi connectivity index (χ0n) is 15.0. The number of rotatable bonds is 5. The summed E-state index contributed by atoms with van der Waals surface area (Å²) in [5, 5.41) is 3.05. The molecular formula is C19H17N5O4. The molecule has 0 radical (unpaired) electrons. The van der Waals surface area contributed by atoms with Crippen molar-refractivity contribution in [2.75, 3.05) is 17.8 Å². The van der Waals surface area contributed by atoms with Gasteiger partial charge >= 0.3 is 5.97 Å². The van der Waals surface area contributed by atoms with E-state index in [0.717, 1.165) is 11.3 Å². The molecule has 2 aromatic carbocycles. The third-order valence-corrected chi connectivity index (χ3v) is 3.95. The van der Waals surface area contributed by atoms with Crippen LogP contribution in [0.4, 0.5) is 17.6 Å². The van der Waals surface area contributed by atoms with E-state index in [1.165, 1.54) is 0 Å². The summed E-state index contributed by atoms with van der Waals surface area (Å²) in [5.74, 6) is 1.09. The van der Waals surface area contributed by atoms with Gasteiger partial charge in [0.15, 0.2) is 23.9 Å². The molecule has 0 spiro atoms. The highest BCUT2D eigenvalue weighted by atomic mass is 16.7. The van der Waals surface area contributed by atoms with Gasteiger partial charge in [0.1, 0.15) is 0 Å². The van der Waals surface area contributed by atoms with E-state index in [-0.39, 0.29) is 31.1 Å². The van der Waals surface area contributed by atoms with Crippen molar-refractivity contribution >= 4 is 23.6 Å². The number of ether oxygens (including phenoxy) is 3. The molecule has 1 aliphatic rings. The van der Waals surface area contributed by atoms with Crippen LogP contribution in [0.3, 0.4) is 0 Å². The molecule has 9 nitrogen and oxygen atoms in total. The number of anilines is 3. The van der Waals surface area contributed by atoms with Gasteiger partial charge in [-0.3, -0.25) is 0 Å². The van der Waals surface area contributed by atoms with E-state index >= 15 is 0 Å². The third kappa shape index (κ3) is 3.93. The average molecular weight is 379 g/mol. The molecule has 0 amide bonds. The number of esters is 1. The Labute approximate surface area is 160 Å². The van der Waals surface area contributed by atoms with Crippen LogP contribution in [0, 0.1) is 6.92 Å². The molecule has 0 atom stereocenters. The van der Waals surface area contributed by atoms with Crippen LogP contribution in [0.15, 0.2) is 42.5 Å². The summed E-state index contributed by atoms with van der Waals surface area (Å²) in [4.78, 5) is 24.6. The fourth-order valence-electron chi connectivity index (χ4n) is 2.56. The van der Waals surface area contributed by atoms with Crippen LogP contribution < -0.4 is 20.5 Å². The molecule has 0 aliphatic carbocycles. The first-order valence-electron chi connectivity index (χ1n) is 8.48. The highest BCUT2D eigenvalue weighted by Crippen LogP contribution is 2.32. The van der Waals surface area contributed by atoms with Gasteiger partial charge in [-0.2, -0.15) is 15.0 Å². The summed E-state index contributed by atoms with van der Waals surface area (Å²) in [6.07, 6.45) is 0. The van der Waals surface area contributed by atoms with Crippen molar-refractivity contribution in [3.63, 3.8) is 0 Å². The Kier molecular flexibility index (Phi) is 4.63. The lowest BCUT2D eigenvalue weighted by molar-refractivity contribution is 0.0462. The van der Waals surface area contributed by atoms with Crippen molar-refractivity contribution in [1.82, 2.24) is 15.0 Å². The molecule has 3 aromatic rings. The van der Waals surface area contributed by atoms with Crippen LogP contribution in [0.5, 0.6) is 11.5 Å². The van der Waals surface area contributed by atoms with Gasteiger partial charge in [0.25, 0.3) is 0 Å². The molecule has 0 saturated heterocycles. The quantitative estimate of drug-likeness (QED) is 0.644. The van der Waals surface area contributed by atoms with Crippen LogP contribution in [0.2, 0.25) is 0 Å². The lowest BCUT2D eigenvalue weighted by atomic mass is 10.2. The van der Waals surface area contributed by atoms with Crippen LogP contribution in [-0.2, 0) is 11.3 Å². The van der Waals surface area contributed by atoms with Gasteiger partial charge in [0, 0.05) is 5.69 Å². The summed E-state index contributed by atoms with van der Waals surface area (Å²) in [6, 6.07) is 12.5. The summed E-state index contributed by atoms with van der Waals surface area (Å²) in [7, 11) is 0. The SMILES string of the molecule is Cc1ccc(Nc2nc(N)nc(COC(=O)c3ccc4c(c3)OCO4)n2)cc1. The number of aromatic nitrogens is 3. The fraction of sp³-hybridized carbons (Fsp3) is 0.158. The zero-order chi connectivity index (χ0) is 19.5.